The van der Waals surface area contributed by atoms with E-state index >= 15 is 0 Å². The molecular weight excluding hydrogens is 136 g/mol. The second-order valence-electron chi connectivity index (χ2n) is 1.68. The van der Waals surface area contributed by atoms with Crippen molar-refractivity contribution in [1.29, 1.82) is 0 Å². The van der Waals surface area contributed by atoms with Gasteiger partial charge in [0.1, 0.15) is 10.5 Å². The van der Waals surface area contributed by atoms with Gasteiger partial charge in [0, 0.05) is 27.2 Å². The molecule has 0 aliphatic carbocycles. The molecule has 0 radical (unpaired) electrons. The predicted molar refractivity (Wildman–Crippen MR) is 38.3 cm³/mol. The maximum absolute atomic E-state index is 4.95. The van der Waals surface area contributed by atoms with Gasteiger partial charge in [-0.05, 0) is 0 Å². The van der Waals surface area contributed by atoms with E-state index < -0.39 is 0 Å². The minimum Gasteiger partial charge on any atom is -0.428 e. The second kappa shape index (κ2) is 6.22. The van der Waals surface area contributed by atoms with Crippen LogP contribution >= 0.6 is 0 Å². The first-order valence-corrected chi connectivity index (χ1v) is 3.71. The Bertz CT molecular complexity index is 56.2. The first kappa shape index (κ1) is 9.10. The van der Waals surface area contributed by atoms with Gasteiger partial charge in [0.15, 0.2) is 6.29 Å². The molecule has 0 N–H and O–H groups in total. The Labute approximate surface area is 58.8 Å². The number of ether oxygens (including phenoxy) is 2. The highest BCUT2D eigenvalue weighted by molar-refractivity contribution is 5.97. The van der Waals surface area contributed by atoms with Crippen molar-refractivity contribution >= 4 is 10.5 Å². The highest BCUT2D eigenvalue weighted by Gasteiger charge is 2.01. The van der Waals surface area contributed by atoms with Crippen molar-refractivity contribution in [2.75, 3.05) is 20.8 Å². The van der Waals surface area contributed by atoms with Crippen molar-refractivity contribution in [3.8, 4) is 0 Å². The molecule has 0 heterocycles. The Balaban J connectivity index is 3.09. The fourth-order valence-corrected chi connectivity index (χ4v) is 0.782. The van der Waals surface area contributed by atoms with Gasteiger partial charge in [-0.1, -0.05) is 0 Å². The van der Waals surface area contributed by atoms with Gasteiger partial charge in [-0.15, -0.1) is 0 Å². The molecule has 9 heavy (non-hydrogen) atoms. The van der Waals surface area contributed by atoms with Crippen LogP contribution < -0.4 is 0 Å². The fraction of sp³-hybridized carbons (Fsp3) is 1.00. The molecule has 0 bridgehead atoms. The Hall–Kier alpha value is 0.0969. The van der Waals surface area contributed by atoms with E-state index in [4.69, 9.17) is 13.9 Å². The maximum Gasteiger partial charge on any atom is 0.158 e. The molecule has 0 unspecified atom stereocenters. The highest BCUT2D eigenvalue weighted by Crippen LogP contribution is 1.95. The molecule has 0 rings (SSSR count). The van der Waals surface area contributed by atoms with Gasteiger partial charge >= 0.3 is 0 Å². The number of rotatable bonds is 5. The monoisotopic (exact) mass is 150 g/mol. The number of methoxy groups -OCH3 is 2. The van der Waals surface area contributed by atoms with E-state index in [1.165, 1.54) is 0 Å². The van der Waals surface area contributed by atoms with E-state index in [0.29, 0.717) is 0 Å². The van der Waals surface area contributed by atoms with Gasteiger partial charge in [0.2, 0.25) is 0 Å². The van der Waals surface area contributed by atoms with E-state index in [1.807, 2.05) is 0 Å². The van der Waals surface area contributed by atoms with Gasteiger partial charge < -0.3 is 13.9 Å². The zero-order chi connectivity index (χ0) is 7.11. The molecule has 4 heteroatoms. The molecule has 56 valence electrons. The van der Waals surface area contributed by atoms with Crippen LogP contribution in [0.15, 0.2) is 0 Å². The largest absolute Gasteiger partial charge is 0.428 e. The lowest BCUT2D eigenvalue weighted by atomic mass is 10.4. The Morgan fingerprint density at radius 1 is 1.33 bits per heavy atom. The normalized spacial score (nSPS) is 11.0. The summed E-state index contributed by atoms with van der Waals surface area (Å²) in [7, 11) is 4.04. The molecule has 0 aromatic heterocycles. The van der Waals surface area contributed by atoms with Gasteiger partial charge in [-0.3, -0.25) is 0 Å². The number of hydrogen-bond donors (Lipinski definition) is 0. The van der Waals surface area contributed by atoms with Gasteiger partial charge in [-0.2, -0.15) is 0 Å². The van der Waals surface area contributed by atoms with Crippen molar-refractivity contribution in [2.45, 2.75) is 12.7 Å². The van der Waals surface area contributed by atoms with Crippen molar-refractivity contribution in [2.24, 2.45) is 0 Å². The zero-order valence-corrected chi connectivity index (χ0v) is 8.22. The third-order valence-corrected chi connectivity index (χ3v) is 1.49. The van der Waals surface area contributed by atoms with E-state index in [-0.39, 0.29) is 6.29 Å². The van der Waals surface area contributed by atoms with Crippen LogP contribution in [0.5, 0.6) is 0 Å². The molecule has 0 aliphatic heterocycles. The average Bonchev–Trinajstić information content (AvgIpc) is 1.91. The van der Waals surface area contributed by atoms with Crippen molar-refractivity contribution in [3.63, 3.8) is 0 Å². The molecule has 0 saturated heterocycles. The van der Waals surface area contributed by atoms with Crippen LogP contribution in [0, 0.1) is 0 Å². The third kappa shape index (κ3) is 4.59. The second-order valence-corrected chi connectivity index (χ2v) is 2.26. The molecule has 0 atom stereocenters. The van der Waals surface area contributed by atoms with Crippen molar-refractivity contribution in [3.05, 3.63) is 0 Å². The molecule has 0 aromatic rings. The number of hydrogen-bond acceptors (Lipinski definition) is 3. The lowest BCUT2D eigenvalue weighted by Gasteiger charge is -2.11. The summed E-state index contributed by atoms with van der Waals surface area (Å²) < 4.78 is 14.8. The molecule has 0 spiro atoms. The van der Waals surface area contributed by atoms with E-state index in [9.17, 15) is 0 Å². The summed E-state index contributed by atoms with van der Waals surface area (Å²) >= 11 is 0. The molecule has 0 aromatic carbocycles. The Morgan fingerprint density at radius 3 is 2.22 bits per heavy atom. The third-order valence-electron chi connectivity index (χ3n) is 1.08. The van der Waals surface area contributed by atoms with Gasteiger partial charge in [-0.25, -0.2) is 0 Å². The van der Waals surface area contributed by atoms with Gasteiger partial charge in [0.05, 0.1) is 0 Å². The SMILES string of the molecule is COC(CCO[SiH3])OC. The molecule has 0 fully saturated rings. The smallest absolute Gasteiger partial charge is 0.158 e. The van der Waals surface area contributed by atoms with Crippen molar-refractivity contribution in [1.82, 2.24) is 0 Å². The van der Waals surface area contributed by atoms with Crippen LogP contribution in [0.1, 0.15) is 6.42 Å². The van der Waals surface area contributed by atoms with Gasteiger partial charge in [0.25, 0.3) is 0 Å². The first-order chi connectivity index (χ1) is 4.35. The molecular formula is C5H14O3Si. The Morgan fingerprint density at radius 2 is 1.89 bits per heavy atom. The van der Waals surface area contributed by atoms with Crippen LogP contribution in [0.2, 0.25) is 0 Å². The summed E-state index contributed by atoms with van der Waals surface area (Å²) in [5.74, 6) is 0. The maximum atomic E-state index is 4.95. The van der Waals surface area contributed by atoms with Crippen molar-refractivity contribution < 1.29 is 13.9 Å². The minimum atomic E-state index is -0.0982. The van der Waals surface area contributed by atoms with Crippen LogP contribution in [-0.2, 0) is 13.9 Å². The summed E-state index contributed by atoms with van der Waals surface area (Å²) in [5, 5.41) is 0. The van der Waals surface area contributed by atoms with E-state index in [0.717, 1.165) is 23.5 Å². The summed E-state index contributed by atoms with van der Waals surface area (Å²) in [6.07, 6.45) is 0.718. The fourth-order valence-electron chi connectivity index (χ4n) is 0.546. The predicted octanol–water partition coefficient (Wildman–Crippen LogP) is -0.708. The van der Waals surface area contributed by atoms with E-state index in [1.54, 1.807) is 14.2 Å². The van der Waals surface area contributed by atoms with Crippen LogP contribution in [0.3, 0.4) is 0 Å². The quantitative estimate of drug-likeness (QED) is 0.383. The summed E-state index contributed by atoms with van der Waals surface area (Å²) in [6.45, 7) is 0.735. The summed E-state index contributed by atoms with van der Waals surface area (Å²) in [5.41, 5.74) is 0. The molecule has 0 amide bonds. The first-order valence-electron chi connectivity index (χ1n) is 2.89. The molecule has 0 saturated carbocycles. The van der Waals surface area contributed by atoms with Crippen LogP contribution in [0.25, 0.3) is 0 Å². The minimum absolute atomic E-state index is 0.0982. The van der Waals surface area contributed by atoms with Crippen LogP contribution in [0.4, 0.5) is 0 Å². The van der Waals surface area contributed by atoms with E-state index in [2.05, 4.69) is 0 Å². The topological polar surface area (TPSA) is 27.7 Å². The molecule has 0 aliphatic rings. The standard InChI is InChI=1S/C5H14O3Si/c1-6-5(7-2)3-4-8-9/h5H,3-4H2,1-2,9H3. The molecule has 3 nitrogen and oxygen atoms in total. The van der Waals surface area contributed by atoms with Crippen LogP contribution in [-0.4, -0.2) is 37.6 Å². The summed E-state index contributed by atoms with van der Waals surface area (Å²) in [6, 6.07) is 0. The Kier molecular flexibility index (Phi) is 6.29. The lowest BCUT2D eigenvalue weighted by Crippen LogP contribution is -2.15. The zero-order valence-electron chi connectivity index (χ0n) is 6.22. The summed E-state index contributed by atoms with van der Waals surface area (Å²) in [4.78, 5) is 0. The highest BCUT2D eigenvalue weighted by atomic mass is 28.2. The lowest BCUT2D eigenvalue weighted by molar-refractivity contribution is -0.110. The average molecular weight is 150 g/mol.